The van der Waals surface area contributed by atoms with Gasteiger partial charge in [-0.1, -0.05) is 25.1 Å². The summed E-state index contributed by atoms with van der Waals surface area (Å²) in [4.78, 5) is 1.33. The number of hydrogen-bond acceptors (Lipinski definition) is 3. The van der Waals surface area contributed by atoms with Gasteiger partial charge in [0.1, 0.15) is 0 Å². The number of para-hydroxylation sites is 1. The Kier molecular flexibility index (Phi) is 4.99. The molecule has 0 spiro atoms. The molecule has 1 atom stereocenters. The van der Waals surface area contributed by atoms with Crippen molar-refractivity contribution in [2.45, 2.75) is 29.8 Å². The summed E-state index contributed by atoms with van der Waals surface area (Å²) in [5.41, 5.74) is -3.75. The molecular formula is C14H14F3NS2. The Hall–Kier alpha value is -1.14. The van der Waals surface area contributed by atoms with Crippen molar-refractivity contribution in [2.75, 3.05) is 5.32 Å². The van der Waals surface area contributed by atoms with Gasteiger partial charge in [-0.3, -0.25) is 0 Å². The standard InChI is InChI=1S/C14H14F3NS2/c1-2-10(12-8-5-9-19-12)18-11-6-3-4-7-13(11)20-14(15,16)17/h3-10,18H,2H2,1H3. The zero-order chi connectivity index (χ0) is 14.6. The maximum atomic E-state index is 12.6. The molecule has 0 aliphatic carbocycles. The summed E-state index contributed by atoms with van der Waals surface area (Å²) in [5.74, 6) is 0. The van der Waals surface area contributed by atoms with Crippen molar-refractivity contribution >= 4 is 28.8 Å². The highest BCUT2D eigenvalue weighted by atomic mass is 32.2. The van der Waals surface area contributed by atoms with E-state index in [0.717, 1.165) is 11.3 Å². The lowest BCUT2D eigenvalue weighted by molar-refractivity contribution is -0.0327. The highest BCUT2D eigenvalue weighted by molar-refractivity contribution is 8.00. The summed E-state index contributed by atoms with van der Waals surface area (Å²) < 4.78 is 37.7. The molecule has 0 saturated carbocycles. The molecule has 0 radical (unpaired) electrons. The first-order valence-corrected chi connectivity index (χ1v) is 7.84. The van der Waals surface area contributed by atoms with Crippen LogP contribution < -0.4 is 5.32 Å². The highest BCUT2D eigenvalue weighted by Crippen LogP contribution is 2.41. The van der Waals surface area contributed by atoms with Crippen molar-refractivity contribution in [3.8, 4) is 0 Å². The van der Waals surface area contributed by atoms with Gasteiger partial charge in [0, 0.05) is 15.5 Å². The third kappa shape index (κ3) is 4.18. The van der Waals surface area contributed by atoms with Gasteiger partial charge in [-0.25, -0.2) is 0 Å². The lowest BCUT2D eigenvalue weighted by Crippen LogP contribution is -2.09. The van der Waals surface area contributed by atoms with Crippen molar-refractivity contribution < 1.29 is 13.2 Å². The molecule has 1 heterocycles. The first-order chi connectivity index (χ1) is 9.49. The lowest BCUT2D eigenvalue weighted by atomic mass is 10.1. The Labute approximate surface area is 124 Å². The zero-order valence-electron chi connectivity index (χ0n) is 10.8. The Bertz CT molecular complexity index is 538. The fourth-order valence-corrected chi connectivity index (χ4v) is 3.35. The summed E-state index contributed by atoms with van der Waals surface area (Å²) >= 11 is 1.52. The molecule has 1 aromatic carbocycles. The van der Waals surface area contributed by atoms with Crippen LogP contribution in [-0.4, -0.2) is 5.51 Å². The number of alkyl halides is 3. The molecule has 0 aliphatic heterocycles. The predicted molar refractivity (Wildman–Crippen MR) is 79.3 cm³/mol. The second-order valence-corrected chi connectivity index (χ2v) is 6.25. The molecule has 0 amide bonds. The minimum absolute atomic E-state index is 0.0324. The first kappa shape index (κ1) is 15.3. The predicted octanol–water partition coefficient (Wildman–Crippen LogP) is 5.92. The molecule has 2 aromatic rings. The number of anilines is 1. The molecule has 0 bridgehead atoms. The molecule has 2 rings (SSSR count). The summed E-state index contributed by atoms with van der Waals surface area (Å²) in [6, 6.07) is 10.5. The lowest BCUT2D eigenvalue weighted by Gasteiger charge is -2.19. The van der Waals surface area contributed by atoms with Crippen LogP contribution in [0.3, 0.4) is 0 Å². The molecule has 1 unspecified atom stereocenters. The first-order valence-electron chi connectivity index (χ1n) is 6.14. The van der Waals surface area contributed by atoms with Crippen molar-refractivity contribution in [3.63, 3.8) is 0 Å². The van der Waals surface area contributed by atoms with Gasteiger partial charge in [0.25, 0.3) is 0 Å². The molecular weight excluding hydrogens is 303 g/mol. The SMILES string of the molecule is CCC(Nc1ccccc1SC(F)(F)F)c1cccs1. The van der Waals surface area contributed by atoms with E-state index in [2.05, 4.69) is 5.32 Å². The second kappa shape index (κ2) is 6.54. The maximum absolute atomic E-state index is 12.6. The summed E-state index contributed by atoms with van der Waals surface area (Å²) in [6.07, 6.45) is 0.811. The third-order valence-corrected chi connectivity index (χ3v) is 4.53. The average molecular weight is 317 g/mol. The van der Waals surface area contributed by atoms with Crippen molar-refractivity contribution in [1.29, 1.82) is 0 Å². The largest absolute Gasteiger partial charge is 0.446 e. The van der Waals surface area contributed by atoms with Crippen molar-refractivity contribution in [2.24, 2.45) is 0 Å². The van der Waals surface area contributed by atoms with Gasteiger partial charge in [0.05, 0.1) is 6.04 Å². The summed E-state index contributed by atoms with van der Waals surface area (Å²) in [5, 5.41) is 5.18. The van der Waals surface area contributed by atoms with E-state index < -0.39 is 5.51 Å². The van der Waals surface area contributed by atoms with Gasteiger partial charge in [0.2, 0.25) is 0 Å². The van der Waals surface area contributed by atoms with Gasteiger partial charge in [-0.05, 0) is 41.8 Å². The van der Waals surface area contributed by atoms with Crippen LogP contribution in [-0.2, 0) is 0 Å². The van der Waals surface area contributed by atoms with Gasteiger partial charge in [-0.2, -0.15) is 13.2 Å². The summed E-state index contributed by atoms with van der Waals surface area (Å²) in [6.45, 7) is 2.01. The third-order valence-electron chi connectivity index (χ3n) is 2.74. The molecule has 1 aromatic heterocycles. The Morgan fingerprint density at radius 1 is 1.20 bits per heavy atom. The van der Waals surface area contributed by atoms with Gasteiger partial charge >= 0.3 is 5.51 Å². The van der Waals surface area contributed by atoms with E-state index in [1.54, 1.807) is 29.5 Å². The minimum atomic E-state index is -4.28. The van der Waals surface area contributed by atoms with Crippen molar-refractivity contribution in [1.82, 2.24) is 0 Å². The fourth-order valence-electron chi connectivity index (χ4n) is 1.85. The molecule has 0 fully saturated rings. The van der Waals surface area contributed by atoms with Crippen LogP contribution in [0.15, 0.2) is 46.7 Å². The number of rotatable bonds is 5. The minimum Gasteiger partial charge on any atom is -0.377 e. The number of benzene rings is 1. The van der Waals surface area contributed by atoms with E-state index in [1.807, 2.05) is 24.4 Å². The number of thiophene rings is 1. The molecule has 0 saturated heterocycles. The van der Waals surface area contributed by atoms with Crippen LogP contribution in [0.4, 0.5) is 18.9 Å². The molecule has 1 nitrogen and oxygen atoms in total. The normalized spacial score (nSPS) is 13.2. The summed E-state index contributed by atoms with van der Waals surface area (Å²) in [7, 11) is 0. The number of nitrogens with one attached hydrogen (secondary N) is 1. The average Bonchev–Trinajstić information content (AvgIpc) is 2.89. The smallest absolute Gasteiger partial charge is 0.377 e. The number of hydrogen-bond donors (Lipinski definition) is 1. The van der Waals surface area contributed by atoms with E-state index in [9.17, 15) is 13.2 Å². The van der Waals surface area contributed by atoms with Crippen LogP contribution in [0.25, 0.3) is 0 Å². The zero-order valence-corrected chi connectivity index (χ0v) is 12.4. The van der Waals surface area contributed by atoms with E-state index >= 15 is 0 Å². The molecule has 0 aliphatic rings. The second-order valence-electron chi connectivity index (χ2n) is 4.16. The Morgan fingerprint density at radius 3 is 2.55 bits per heavy atom. The van der Waals surface area contributed by atoms with Crippen LogP contribution in [0.5, 0.6) is 0 Å². The Morgan fingerprint density at radius 2 is 1.95 bits per heavy atom. The maximum Gasteiger partial charge on any atom is 0.446 e. The highest BCUT2D eigenvalue weighted by Gasteiger charge is 2.30. The van der Waals surface area contributed by atoms with Gasteiger partial charge in [-0.15, -0.1) is 11.3 Å². The number of thioether (sulfide) groups is 1. The van der Waals surface area contributed by atoms with Crippen LogP contribution in [0.1, 0.15) is 24.3 Å². The monoisotopic (exact) mass is 317 g/mol. The van der Waals surface area contributed by atoms with Gasteiger partial charge < -0.3 is 5.32 Å². The number of halogens is 3. The van der Waals surface area contributed by atoms with Crippen molar-refractivity contribution in [3.05, 3.63) is 46.7 Å². The fraction of sp³-hybridized carbons (Fsp3) is 0.286. The molecule has 1 N–H and O–H groups in total. The van der Waals surface area contributed by atoms with E-state index in [4.69, 9.17) is 0 Å². The van der Waals surface area contributed by atoms with E-state index in [0.29, 0.717) is 5.69 Å². The molecule has 108 valence electrons. The van der Waals surface area contributed by atoms with E-state index in [1.165, 1.54) is 6.07 Å². The topological polar surface area (TPSA) is 12.0 Å². The molecule has 20 heavy (non-hydrogen) atoms. The van der Waals surface area contributed by atoms with Gasteiger partial charge in [0.15, 0.2) is 0 Å². The van der Waals surface area contributed by atoms with Crippen LogP contribution in [0.2, 0.25) is 0 Å². The quantitative estimate of drug-likeness (QED) is 0.687. The van der Waals surface area contributed by atoms with Crippen LogP contribution >= 0.6 is 23.1 Å². The van der Waals surface area contributed by atoms with E-state index in [-0.39, 0.29) is 22.7 Å². The molecule has 6 heteroatoms. The Balaban J connectivity index is 2.20. The van der Waals surface area contributed by atoms with Crippen LogP contribution in [0, 0.1) is 0 Å².